The van der Waals surface area contributed by atoms with Gasteiger partial charge >= 0.3 is 0 Å². The van der Waals surface area contributed by atoms with Crippen LogP contribution in [0.2, 0.25) is 0 Å². The molecule has 82 valence electrons. The molecule has 1 saturated carbocycles. The zero-order valence-corrected chi connectivity index (χ0v) is 9.59. The molecule has 2 fully saturated rings. The van der Waals surface area contributed by atoms with Crippen LogP contribution in [0.15, 0.2) is 0 Å². The largest absolute Gasteiger partial charge is 0.379 e. The van der Waals surface area contributed by atoms with Crippen LogP contribution in [-0.2, 0) is 4.74 Å². The molecule has 0 aromatic carbocycles. The summed E-state index contributed by atoms with van der Waals surface area (Å²) >= 11 is 0. The van der Waals surface area contributed by atoms with Crippen LogP contribution in [0.3, 0.4) is 0 Å². The fourth-order valence-corrected chi connectivity index (χ4v) is 3.03. The monoisotopic (exact) mass is 197 g/mol. The van der Waals surface area contributed by atoms with Crippen molar-refractivity contribution < 1.29 is 4.74 Å². The summed E-state index contributed by atoms with van der Waals surface area (Å²) in [5, 5.41) is 0. The van der Waals surface area contributed by atoms with Crippen LogP contribution in [0.1, 0.15) is 39.5 Å². The summed E-state index contributed by atoms with van der Waals surface area (Å²) in [6.45, 7) is 9.03. The number of hydrogen-bond acceptors (Lipinski definition) is 2. The molecule has 2 rings (SSSR count). The lowest BCUT2D eigenvalue weighted by atomic mass is 9.73. The summed E-state index contributed by atoms with van der Waals surface area (Å²) in [6, 6.07) is 0. The van der Waals surface area contributed by atoms with E-state index in [0.717, 1.165) is 32.2 Å². The molecule has 0 aromatic rings. The Hall–Kier alpha value is -0.0800. The van der Waals surface area contributed by atoms with Gasteiger partial charge in [-0.3, -0.25) is 4.90 Å². The van der Waals surface area contributed by atoms with Gasteiger partial charge in [-0.05, 0) is 25.7 Å². The van der Waals surface area contributed by atoms with Gasteiger partial charge in [0.15, 0.2) is 0 Å². The standard InChI is InChI=1S/C12H23NO/c1-11-5-3-4-6-12(11,2)13-7-9-14-10-8-13/h11H,3-10H2,1-2H3. The highest BCUT2D eigenvalue weighted by molar-refractivity contribution is 4.94. The Morgan fingerprint density at radius 2 is 1.93 bits per heavy atom. The van der Waals surface area contributed by atoms with Crippen molar-refractivity contribution in [2.24, 2.45) is 5.92 Å². The second-order valence-electron chi connectivity index (χ2n) is 5.10. The fourth-order valence-electron chi connectivity index (χ4n) is 3.03. The molecular formula is C12H23NO. The zero-order chi connectivity index (χ0) is 10.0. The minimum absolute atomic E-state index is 0.460. The van der Waals surface area contributed by atoms with Crippen molar-refractivity contribution in [1.82, 2.24) is 4.90 Å². The summed E-state index contributed by atoms with van der Waals surface area (Å²) in [7, 11) is 0. The molecule has 2 atom stereocenters. The van der Waals surface area contributed by atoms with Crippen molar-refractivity contribution in [2.75, 3.05) is 26.3 Å². The fraction of sp³-hybridized carbons (Fsp3) is 1.00. The summed E-state index contributed by atoms with van der Waals surface area (Å²) in [5.41, 5.74) is 0.460. The van der Waals surface area contributed by atoms with Gasteiger partial charge < -0.3 is 4.74 Å². The predicted octanol–water partition coefficient (Wildman–Crippen LogP) is 2.29. The maximum Gasteiger partial charge on any atom is 0.0594 e. The van der Waals surface area contributed by atoms with E-state index in [4.69, 9.17) is 4.74 Å². The summed E-state index contributed by atoms with van der Waals surface area (Å²) in [5.74, 6) is 0.856. The molecule has 1 aliphatic heterocycles. The smallest absolute Gasteiger partial charge is 0.0594 e. The third-order valence-corrected chi connectivity index (χ3v) is 4.37. The molecule has 2 aliphatic rings. The van der Waals surface area contributed by atoms with Gasteiger partial charge in [-0.2, -0.15) is 0 Å². The summed E-state index contributed by atoms with van der Waals surface area (Å²) in [4.78, 5) is 2.67. The lowest BCUT2D eigenvalue weighted by Gasteiger charge is -2.49. The average Bonchev–Trinajstić information content (AvgIpc) is 2.24. The van der Waals surface area contributed by atoms with Gasteiger partial charge in [-0.15, -0.1) is 0 Å². The van der Waals surface area contributed by atoms with Crippen molar-refractivity contribution in [1.29, 1.82) is 0 Å². The zero-order valence-electron chi connectivity index (χ0n) is 9.59. The van der Waals surface area contributed by atoms with E-state index in [9.17, 15) is 0 Å². The highest BCUT2D eigenvalue weighted by atomic mass is 16.5. The normalized spacial score (nSPS) is 41.1. The molecule has 0 N–H and O–H groups in total. The third-order valence-electron chi connectivity index (χ3n) is 4.37. The molecule has 14 heavy (non-hydrogen) atoms. The van der Waals surface area contributed by atoms with E-state index in [1.54, 1.807) is 0 Å². The van der Waals surface area contributed by atoms with Gasteiger partial charge in [-0.25, -0.2) is 0 Å². The van der Waals surface area contributed by atoms with Crippen LogP contribution in [0.4, 0.5) is 0 Å². The van der Waals surface area contributed by atoms with E-state index in [-0.39, 0.29) is 0 Å². The molecule has 2 heteroatoms. The van der Waals surface area contributed by atoms with E-state index in [0.29, 0.717) is 5.54 Å². The molecule has 1 aliphatic carbocycles. The van der Waals surface area contributed by atoms with E-state index in [1.165, 1.54) is 25.7 Å². The van der Waals surface area contributed by atoms with Crippen LogP contribution in [0.25, 0.3) is 0 Å². The van der Waals surface area contributed by atoms with Crippen LogP contribution < -0.4 is 0 Å². The first-order valence-electron chi connectivity index (χ1n) is 6.06. The second kappa shape index (κ2) is 4.19. The molecule has 2 nitrogen and oxygen atoms in total. The average molecular weight is 197 g/mol. The van der Waals surface area contributed by atoms with E-state index < -0.39 is 0 Å². The number of morpholine rings is 1. The molecule has 0 aromatic heterocycles. The topological polar surface area (TPSA) is 12.5 Å². The first-order chi connectivity index (χ1) is 6.73. The van der Waals surface area contributed by atoms with Gasteiger partial charge in [-0.1, -0.05) is 19.8 Å². The minimum Gasteiger partial charge on any atom is -0.379 e. The first-order valence-corrected chi connectivity index (χ1v) is 6.06. The van der Waals surface area contributed by atoms with Crippen molar-refractivity contribution >= 4 is 0 Å². The lowest BCUT2D eigenvalue weighted by molar-refractivity contribution is -0.0505. The number of nitrogens with zero attached hydrogens (tertiary/aromatic N) is 1. The van der Waals surface area contributed by atoms with Crippen LogP contribution in [0.5, 0.6) is 0 Å². The molecule has 0 radical (unpaired) electrons. The van der Waals surface area contributed by atoms with Crippen LogP contribution >= 0.6 is 0 Å². The predicted molar refractivity (Wildman–Crippen MR) is 58.4 cm³/mol. The highest BCUT2D eigenvalue weighted by Crippen LogP contribution is 2.38. The first kappa shape index (κ1) is 10.4. The molecule has 0 amide bonds. The highest BCUT2D eigenvalue weighted by Gasteiger charge is 2.39. The molecule has 2 unspecified atom stereocenters. The molecule has 1 saturated heterocycles. The van der Waals surface area contributed by atoms with Crippen LogP contribution in [0, 0.1) is 5.92 Å². The van der Waals surface area contributed by atoms with Crippen molar-refractivity contribution in [3.63, 3.8) is 0 Å². The Balaban J connectivity index is 2.03. The maximum atomic E-state index is 5.43. The molecule has 1 heterocycles. The molecule has 0 bridgehead atoms. The van der Waals surface area contributed by atoms with E-state index in [2.05, 4.69) is 18.7 Å². The Morgan fingerprint density at radius 1 is 1.21 bits per heavy atom. The number of hydrogen-bond donors (Lipinski definition) is 0. The quantitative estimate of drug-likeness (QED) is 0.639. The summed E-state index contributed by atoms with van der Waals surface area (Å²) < 4.78 is 5.43. The Bertz CT molecular complexity index is 189. The van der Waals surface area contributed by atoms with Gasteiger partial charge in [0, 0.05) is 18.6 Å². The van der Waals surface area contributed by atoms with Crippen molar-refractivity contribution in [3.8, 4) is 0 Å². The van der Waals surface area contributed by atoms with Gasteiger partial charge in [0.25, 0.3) is 0 Å². The van der Waals surface area contributed by atoms with Gasteiger partial charge in [0.05, 0.1) is 13.2 Å². The SMILES string of the molecule is CC1CCCCC1(C)N1CCOCC1. The van der Waals surface area contributed by atoms with Gasteiger partial charge in [0.2, 0.25) is 0 Å². The van der Waals surface area contributed by atoms with Gasteiger partial charge in [0.1, 0.15) is 0 Å². The second-order valence-corrected chi connectivity index (χ2v) is 5.10. The number of rotatable bonds is 1. The minimum atomic E-state index is 0.460. The van der Waals surface area contributed by atoms with E-state index in [1.807, 2.05) is 0 Å². The summed E-state index contributed by atoms with van der Waals surface area (Å²) in [6.07, 6.45) is 5.64. The lowest BCUT2D eigenvalue weighted by Crippen LogP contribution is -2.56. The maximum absolute atomic E-state index is 5.43. The molecule has 0 spiro atoms. The van der Waals surface area contributed by atoms with Crippen molar-refractivity contribution in [2.45, 2.75) is 45.1 Å². The molecular weight excluding hydrogens is 174 g/mol. The van der Waals surface area contributed by atoms with E-state index >= 15 is 0 Å². The van der Waals surface area contributed by atoms with Crippen molar-refractivity contribution in [3.05, 3.63) is 0 Å². The third kappa shape index (κ3) is 1.82. The Labute approximate surface area is 87.6 Å². The Kier molecular flexibility index (Phi) is 3.13. The number of ether oxygens (including phenoxy) is 1. The van der Waals surface area contributed by atoms with Crippen LogP contribution in [-0.4, -0.2) is 36.7 Å². The Morgan fingerprint density at radius 3 is 2.57 bits per heavy atom.